The van der Waals surface area contributed by atoms with E-state index in [1.165, 1.54) is 12.1 Å². The quantitative estimate of drug-likeness (QED) is 0.813. The molecule has 0 spiro atoms. The summed E-state index contributed by atoms with van der Waals surface area (Å²) in [6.07, 6.45) is 0. The van der Waals surface area contributed by atoms with Gasteiger partial charge in [-0.2, -0.15) is 8.78 Å². The third-order valence-corrected chi connectivity index (χ3v) is 2.44. The third-order valence-electron chi connectivity index (χ3n) is 2.44. The SMILES string of the molecule is CNC(C)C(=O)NCc1ccc(OC(F)F)cc1. The molecule has 0 aromatic heterocycles. The van der Waals surface area contributed by atoms with E-state index in [1.54, 1.807) is 26.1 Å². The van der Waals surface area contributed by atoms with Gasteiger partial charge in [0.05, 0.1) is 6.04 Å². The van der Waals surface area contributed by atoms with Crippen molar-refractivity contribution in [2.24, 2.45) is 0 Å². The fourth-order valence-electron chi connectivity index (χ4n) is 1.26. The summed E-state index contributed by atoms with van der Waals surface area (Å²) >= 11 is 0. The van der Waals surface area contributed by atoms with Gasteiger partial charge in [-0.25, -0.2) is 0 Å². The predicted octanol–water partition coefficient (Wildman–Crippen LogP) is 1.51. The summed E-state index contributed by atoms with van der Waals surface area (Å²) in [5, 5.41) is 5.54. The fraction of sp³-hybridized carbons (Fsp3) is 0.417. The van der Waals surface area contributed by atoms with E-state index in [-0.39, 0.29) is 17.7 Å². The molecule has 2 N–H and O–H groups in total. The van der Waals surface area contributed by atoms with Gasteiger partial charge in [0.25, 0.3) is 0 Å². The Morgan fingerprint density at radius 2 is 1.94 bits per heavy atom. The number of halogens is 2. The summed E-state index contributed by atoms with van der Waals surface area (Å²) < 4.78 is 28.1. The van der Waals surface area contributed by atoms with Crippen LogP contribution < -0.4 is 15.4 Å². The molecule has 4 nitrogen and oxygen atoms in total. The van der Waals surface area contributed by atoms with Crippen LogP contribution in [0.25, 0.3) is 0 Å². The maximum atomic E-state index is 11.9. The van der Waals surface area contributed by atoms with Gasteiger partial charge in [0.1, 0.15) is 5.75 Å². The minimum atomic E-state index is -2.83. The molecule has 0 saturated heterocycles. The van der Waals surface area contributed by atoms with Crippen molar-refractivity contribution >= 4 is 5.91 Å². The molecule has 0 saturated carbocycles. The van der Waals surface area contributed by atoms with Crippen LogP contribution in [0, 0.1) is 0 Å². The van der Waals surface area contributed by atoms with Crippen molar-refractivity contribution < 1.29 is 18.3 Å². The van der Waals surface area contributed by atoms with Crippen LogP contribution in [-0.2, 0) is 11.3 Å². The van der Waals surface area contributed by atoms with Gasteiger partial charge < -0.3 is 15.4 Å². The number of carbonyl (C=O) groups is 1. The van der Waals surface area contributed by atoms with Gasteiger partial charge in [0, 0.05) is 6.54 Å². The molecule has 1 aromatic rings. The number of nitrogens with one attached hydrogen (secondary N) is 2. The minimum Gasteiger partial charge on any atom is -0.435 e. The van der Waals surface area contributed by atoms with E-state index >= 15 is 0 Å². The fourth-order valence-corrected chi connectivity index (χ4v) is 1.26. The molecule has 18 heavy (non-hydrogen) atoms. The minimum absolute atomic E-state index is 0.101. The van der Waals surface area contributed by atoms with Gasteiger partial charge in [-0.1, -0.05) is 12.1 Å². The van der Waals surface area contributed by atoms with Crippen LogP contribution in [0.5, 0.6) is 5.75 Å². The van der Waals surface area contributed by atoms with E-state index in [0.717, 1.165) is 5.56 Å². The number of hydrogen-bond acceptors (Lipinski definition) is 3. The lowest BCUT2D eigenvalue weighted by Crippen LogP contribution is -2.39. The van der Waals surface area contributed by atoms with Crippen LogP contribution in [0.15, 0.2) is 24.3 Å². The van der Waals surface area contributed by atoms with Crippen molar-refractivity contribution in [2.75, 3.05) is 7.05 Å². The number of amides is 1. The Balaban J connectivity index is 2.46. The van der Waals surface area contributed by atoms with Crippen LogP contribution >= 0.6 is 0 Å². The van der Waals surface area contributed by atoms with E-state index in [0.29, 0.717) is 6.54 Å². The zero-order valence-corrected chi connectivity index (χ0v) is 10.2. The van der Waals surface area contributed by atoms with Crippen molar-refractivity contribution in [1.82, 2.24) is 10.6 Å². The van der Waals surface area contributed by atoms with Crippen molar-refractivity contribution in [3.05, 3.63) is 29.8 Å². The molecular weight excluding hydrogens is 242 g/mol. The Bertz CT molecular complexity index is 382. The van der Waals surface area contributed by atoms with E-state index in [2.05, 4.69) is 15.4 Å². The van der Waals surface area contributed by atoms with Crippen molar-refractivity contribution in [3.63, 3.8) is 0 Å². The number of hydrogen-bond donors (Lipinski definition) is 2. The summed E-state index contributed by atoms with van der Waals surface area (Å²) in [7, 11) is 1.70. The van der Waals surface area contributed by atoms with Crippen molar-refractivity contribution in [3.8, 4) is 5.75 Å². The lowest BCUT2D eigenvalue weighted by Gasteiger charge is -2.11. The highest BCUT2D eigenvalue weighted by atomic mass is 19.3. The van der Waals surface area contributed by atoms with Gasteiger partial charge in [0.15, 0.2) is 0 Å². The summed E-state index contributed by atoms with van der Waals surface area (Å²) in [6.45, 7) is -0.735. The molecule has 0 heterocycles. The molecule has 0 aliphatic heterocycles. The normalized spacial score (nSPS) is 12.3. The monoisotopic (exact) mass is 258 g/mol. The van der Waals surface area contributed by atoms with Crippen LogP contribution in [0.4, 0.5) is 8.78 Å². The van der Waals surface area contributed by atoms with E-state index in [4.69, 9.17) is 0 Å². The first-order chi connectivity index (χ1) is 8.52. The van der Waals surface area contributed by atoms with Gasteiger partial charge in [-0.15, -0.1) is 0 Å². The topological polar surface area (TPSA) is 50.4 Å². The predicted molar refractivity (Wildman–Crippen MR) is 63.4 cm³/mol. The zero-order chi connectivity index (χ0) is 13.5. The molecule has 1 atom stereocenters. The summed E-state index contributed by atoms with van der Waals surface area (Å²) in [4.78, 5) is 11.5. The second kappa shape index (κ2) is 6.90. The second-order valence-corrected chi connectivity index (χ2v) is 3.75. The summed E-state index contributed by atoms with van der Waals surface area (Å²) in [5.74, 6) is -0.0194. The highest BCUT2D eigenvalue weighted by molar-refractivity contribution is 5.81. The molecule has 1 unspecified atom stereocenters. The number of rotatable bonds is 6. The smallest absolute Gasteiger partial charge is 0.387 e. The Morgan fingerprint density at radius 3 is 2.44 bits per heavy atom. The largest absolute Gasteiger partial charge is 0.435 e. The average molecular weight is 258 g/mol. The number of likely N-dealkylation sites (N-methyl/N-ethyl adjacent to an activating group) is 1. The first-order valence-electron chi connectivity index (χ1n) is 5.51. The van der Waals surface area contributed by atoms with Crippen molar-refractivity contribution in [1.29, 1.82) is 0 Å². The van der Waals surface area contributed by atoms with E-state index in [9.17, 15) is 13.6 Å². The van der Waals surface area contributed by atoms with Gasteiger partial charge in [-0.05, 0) is 31.7 Å². The van der Waals surface area contributed by atoms with E-state index < -0.39 is 6.61 Å². The molecule has 6 heteroatoms. The molecule has 0 fully saturated rings. The molecule has 1 rings (SSSR count). The maximum absolute atomic E-state index is 11.9. The maximum Gasteiger partial charge on any atom is 0.387 e. The van der Waals surface area contributed by atoms with Crippen LogP contribution in [-0.4, -0.2) is 25.6 Å². The molecule has 0 aliphatic rings. The molecule has 0 bridgehead atoms. The Hall–Kier alpha value is -1.69. The van der Waals surface area contributed by atoms with Crippen LogP contribution in [0.3, 0.4) is 0 Å². The van der Waals surface area contributed by atoms with Crippen LogP contribution in [0.1, 0.15) is 12.5 Å². The summed E-state index contributed by atoms with van der Waals surface area (Å²) in [6, 6.07) is 5.86. The molecule has 1 amide bonds. The first-order valence-corrected chi connectivity index (χ1v) is 5.51. The van der Waals surface area contributed by atoms with Crippen LogP contribution in [0.2, 0.25) is 0 Å². The second-order valence-electron chi connectivity index (χ2n) is 3.75. The van der Waals surface area contributed by atoms with E-state index in [1.807, 2.05) is 0 Å². The highest BCUT2D eigenvalue weighted by Crippen LogP contribution is 2.14. The molecule has 1 aromatic carbocycles. The summed E-state index contributed by atoms with van der Waals surface area (Å²) in [5.41, 5.74) is 0.813. The van der Waals surface area contributed by atoms with Gasteiger partial charge in [-0.3, -0.25) is 4.79 Å². The Morgan fingerprint density at radius 1 is 1.33 bits per heavy atom. The lowest BCUT2D eigenvalue weighted by molar-refractivity contribution is -0.122. The number of carbonyl (C=O) groups excluding carboxylic acids is 1. The molecule has 0 radical (unpaired) electrons. The van der Waals surface area contributed by atoms with Crippen molar-refractivity contribution in [2.45, 2.75) is 26.1 Å². The number of benzene rings is 1. The zero-order valence-electron chi connectivity index (χ0n) is 10.2. The molecular formula is C12H16F2N2O2. The van der Waals surface area contributed by atoms with Gasteiger partial charge >= 0.3 is 6.61 Å². The lowest BCUT2D eigenvalue weighted by atomic mass is 10.2. The highest BCUT2D eigenvalue weighted by Gasteiger charge is 2.09. The number of alkyl halides is 2. The first kappa shape index (κ1) is 14.4. The number of ether oxygens (including phenoxy) is 1. The average Bonchev–Trinajstić information content (AvgIpc) is 2.36. The third kappa shape index (κ3) is 4.67. The molecule has 0 aliphatic carbocycles. The van der Waals surface area contributed by atoms with Gasteiger partial charge in [0.2, 0.25) is 5.91 Å². The Kier molecular flexibility index (Phi) is 5.51. The standard InChI is InChI=1S/C12H16F2N2O2/c1-8(15-2)11(17)16-7-9-3-5-10(6-4-9)18-12(13)14/h3-6,8,12,15H,7H2,1-2H3,(H,16,17). The molecule has 100 valence electrons. The Labute approximate surface area is 104 Å².